The van der Waals surface area contributed by atoms with Crippen LogP contribution in [-0.4, -0.2) is 81.2 Å². The number of morpholine rings is 1. The van der Waals surface area contributed by atoms with Crippen LogP contribution in [0.25, 0.3) is 0 Å². The standard InChI is InChI=1S/C27H36ClN3O5/c1-19(32)17-30-9-7-23(8-10-30)36-26-16-22(31-11-13-35-14-12-31)5-6-24(26)27(33)29-25-15-21(28)4-3-20(25)18-34-2/h3-6,15-16,19,23,32H,7-14,17-18H2,1-2H3,(H,29,33)/t19-/m0/s1. The van der Waals surface area contributed by atoms with Gasteiger partial charge in [0.15, 0.2) is 0 Å². The molecule has 8 nitrogen and oxygen atoms in total. The van der Waals surface area contributed by atoms with Gasteiger partial charge < -0.3 is 34.4 Å². The van der Waals surface area contributed by atoms with Crippen LogP contribution >= 0.6 is 11.6 Å². The minimum absolute atomic E-state index is 0.00281. The maximum absolute atomic E-state index is 13.5. The molecule has 9 heteroatoms. The Kier molecular flexibility index (Phi) is 9.45. The van der Waals surface area contributed by atoms with E-state index in [4.69, 9.17) is 25.8 Å². The average molecular weight is 518 g/mol. The van der Waals surface area contributed by atoms with Gasteiger partial charge in [-0.1, -0.05) is 17.7 Å². The van der Waals surface area contributed by atoms with E-state index in [9.17, 15) is 9.90 Å². The van der Waals surface area contributed by atoms with Gasteiger partial charge in [-0.05, 0) is 44.0 Å². The number of aliphatic hydroxyl groups excluding tert-OH is 1. The largest absolute Gasteiger partial charge is 0.489 e. The summed E-state index contributed by atoms with van der Waals surface area (Å²) >= 11 is 6.20. The Bertz CT molecular complexity index is 1020. The fourth-order valence-corrected chi connectivity index (χ4v) is 4.89. The van der Waals surface area contributed by atoms with E-state index in [1.54, 1.807) is 19.2 Å². The predicted octanol–water partition coefficient (Wildman–Crippen LogP) is 3.80. The quantitative estimate of drug-likeness (QED) is 0.523. The molecule has 1 atom stereocenters. The van der Waals surface area contributed by atoms with E-state index in [0.29, 0.717) is 48.4 Å². The summed E-state index contributed by atoms with van der Waals surface area (Å²) in [5.41, 5.74) is 2.94. The van der Waals surface area contributed by atoms with Crippen molar-refractivity contribution in [3.05, 3.63) is 52.5 Å². The molecule has 1 amide bonds. The molecular weight excluding hydrogens is 482 g/mol. The number of carbonyl (C=O) groups excluding carboxylic acids is 1. The number of hydrogen-bond donors (Lipinski definition) is 2. The van der Waals surface area contributed by atoms with Gasteiger partial charge >= 0.3 is 0 Å². The molecule has 2 aliphatic heterocycles. The van der Waals surface area contributed by atoms with Crippen molar-refractivity contribution in [2.75, 3.05) is 63.3 Å². The zero-order valence-electron chi connectivity index (χ0n) is 21.0. The number of ether oxygens (including phenoxy) is 3. The number of β-amino-alcohol motifs (C(OH)–C–C–N with tert-alkyl or cyclic N) is 1. The minimum Gasteiger partial charge on any atom is -0.489 e. The highest BCUT2D eigenvalue weighted by molar-refractivity contribution is 6.31. The SMILES string of the molecule is COCc1ccc(Cl)cc1NC(=O)c1ccc(N2CCOCC2)cc1OC1CCN(C[C@H](C)O)CC1. The zero-order chi connectivity index (χ0) is 25.5. The average Bonchev–Trinajstić information content (AvgIpc) is 2.87. The molecule has 2 fully saturated rings. The molecule has 0 saturated carbocycles. The summed E-state index contributed by atoms with van der Waals surface area (Å²) in [6.45, 7) is 7.48. The van der Waals surface area contributed by atoms with Crippen molar-refractivity contribution in [1.82, 2.24) is 4.90 Å². The lowest BCUT2D eigenvalue weighted by molar-refractivity contribution is 0.0665. The molecular formula is C27H36ClN3O5. The number of aliphatic hydroxyl groups is 1. The molecule has 2 aromatic carbocycles. The van der Waals surface area contributed by atoms with Crippen LogP contribution in [0.4, 0.5) is 11.4 Å². The Morgan fingerprint density at radius 1 is 1.17 bits per heavy atom. The number of benzene rings is 2. The van der Waals surface area contributed by atoms with Crippen LogP contribution in [0.5, 0.6) is 5.75 Å². The zero-order valence-corrected chi connectivity index (χ0v) is 21.8. The van der Waals surface area contributed by atoms with Crippen LogP contribution in [0.15, 0.2) is 36.4 Å². The number of methoxy groups -OCH3 is 1. The Balaban J connectivity index is 1.55. The summed E-state index contributed by atoms with van der Waals surface area (Å²) in [6, 6.07) is 11.1. The van der Waals surface area contributed by atoms with Crippen molar-refractivity contribution < 1.29 is 24.1 Å². The topological polar surface area (TPSA) is 83.5 Å². The Hall–Kier alpha value is -2.36. The van der Waals surface area contributed by atoms with Crippen LogP contribution in [0.3, 0.4) is 0 Å². The van der Waals surface area contributed by atoms with Crippen molar-refractivity contribution in [2.24, 2.45) is 0 Å². The fourth-order valence-electron chi connectivity index (χ4n) is 4.71. The van der Waals surface area contributed by atoms with Gasteiger partial charge in [0.25, 0.3) is 5.91 Å². The maximum atomic E-state index is 13.5. The van der Waals surface area contributed by atoms with Gasteiger partial charge in [-0.25, -0.2) is 0 Å². The number of amides is 1. The number of halogens is 1. The van der Waals surface area contributed by atoms with Gasteiger partial charge in [0.05, 0.1) is 31.5 Å². The van der Waals surface area contributed by atoms with Crippen LogP contribution in [0.1, 0.15) is 35.7 Å². The molecule has 0 bridgehead atoms. The molecule has 0 aromatic heterocycles. The van der Waals surface area contributed by atoms with E-state index < -0.39 is 0 Å². The first-order valence-electron chi connectivity index (χ1n) is 12.6. The first-order chi connectivity index (χ1) is 17.4. The van der Waals surface area contributed by atoms with Crippen LogP contribution < -0.4 is 15.0 Å². The van der Waals surface area contributed by atoms with Gasteiger partial charge in [-0.3, -0.25) is 4.79 Å². The third kappa shape index (κ3) is 7.11. The van der Waals surface area contributed by atoms with Gasteiger partial charge in [0, 0.05) is 67.9 Å². The van der Waals surface area contributed by atoms with Crippen molar-refractivity contribution in [2.45, 2.75) is 38.6 Å². The summed E-state index contributed by atoms with van der Waals surface area (Å²) < 4.78 is 17.3. The second-order valence-electron chi connectivity index (χ2n) is 9.44. The molecule has 2 aromatic rings. The molecule has 2 N–H and O–H groups in total. The second-order valence-corrected chi connectivity index (χ2v) is 9.87. The van der Waals surface area contributed by atoms with Crippen molar-refractivity contribution in [3.63, 3.8) is 0 Å². The Morgan fingerprint density at radius 3 is 2.61 bits per heavy atom. The molecule has 0 aliphatic carbocycles. The van der Waals surface area contributed by atoms with E-state index in [1.807, 2.05) is 31.2 Å². The van der Waals surface area contributed by atoms with E-state index in [0.717, 1.165) is 50.3 Å². The van der Waals surface area contributed by atoms with Gasteiger partial charge in [-0.15, -0.1) is 0 Å². The normalized spacial score (nSPS) is 18.2. The number of anilines is 2. The van der Waals surface area contributed by atoms with Gasteiger partial charge in [-0.2, -0.15) is 0 Å². The number of nitrogens with zero attached hydrogens (tertiary/aromatic N) is 2. The predicted molar refractivity (Wildman–Crippen MR) is 141 cm³/mol. The monoisotopic (exact) mass is 517 g/mol. The first-order valence-corrected chi connectivity index (χ1v) is 12.9. The number of likely N-dealkylation sites (tertiary alicyclic amines) is 1. The van der Waals surface area contributed by atoms with E-state index in [-0.39, 0.29) is 18.1 Å². The van der Waals surface area contributed by atoms with Gasteiger partial charge in [0.1, 0.15) is 11.9 Å². The number of piperidine rings is 1. The van der Waals surface area contributed by atoms with Crippen LogP contribution in [0.2, 0.25) is 5.02 Å². The lowest BCUT2D eigenvalue weighted by Gasteiger charge is -2.33. The van der Waals surface area contributed by atoms with Crippen molar-refractivity contribution >= 4 is 28.9 Å². The third-order valence-corrected chi connectivity index (χ3v) is 6.79. The summed E-state index contributed by atoms with van der Waals surface area (Å²) in [5.74, 6) is 0.311. The second kappa shape index (κ2) is 12.7. The third-order valence-electron chi connectivity index (χ3n) is 6.56. The van der Waals surface area contributed by atoms with E-state index in [1.165, 1.54) is 0 Å². The molecule has 2 saturated heterocycles. The lowest BCUT2D eigenvalue weighted by Crippen LogP contribution is -2.41. The fraction of sp³-hybridized carbons (Fsp3) is 0.519. The molecule has 0 unspecified atom stereocenters. The summed E-state index contributed by atoms with van der Waals surface area (Å²) in [6.07, 6.45) is 1.32. The molecule has 196 valence electrons. The molecule has 2 heterocycles. The highest BCUT2D eigenvalue weighted by Gasteiger charge is 2.25. The first kappa shape index (κ1) is 26.7. The highest BCUT2D eigenvalue weighted by atomic mass is 35.5. The highest BCUT2D eigenvalue weighted by Crippen LogP contribution is 2.31. The number of carbonyl (C=O) groups is 1. The summed E-state index contributed by atoms with van der Waals surface area (Å²) in [4.78, 5) is 18.0. The van der Waals surface area contributed by atoms with Crippen LogP contribution in [-0.2, 0) is 16.1 Å². The minimum atomic E-state index is -0.350. The molecule has 0 spiro atoms. The lowest BCUT2D eigenvalue weighted by atomic mass is 10.1. The summed E-state index contributed by atoms with van der Waals surface area (Å²) in [5, 5.41) is 13.2. The Morgan fingerprint density at radius 2 is 1.92 bits per heavy atom. The van der Waals surface area contributed by atoms with Gasteiger partial charge in [0.2, 0.25) is 0 Å². The number of rotatable bonds is 9. The molecule has 0 radical (unpaired) electrons. The Labute approximate surface area is 218 Å². The number of nitrogens with one attached hydrogen (secondary N) is 1. The smallest absolute Gasteiger partial charge is 0.259 e. The maximum Gasteiger partial charge on any atom is 0.259 e. The number of hydrogen-bond acceptors (Lipinski definition) is 7. The van der Waals surface area contributed by atoms with E-state index in [2.05, 4.69) is 15.1 Å². The molecule has 2 aliphatic rings. The van der Waals surface area contributed by atoms with Crippen molar-refractivity contribution in [3.8, 4) is 5.75 Å². The molecule has 36 heavy (non-hydrogen) atoms. The van der Waals surface area contributed by atoms with Crippen molar-refractivity contribution in [1.29, 1.82) is 0 Å². The molecule has 4 rings (SSSR count). The van der Waals surface area contributed by atoms with Crippen LogP contribution in [0, 0.1) is 0 Å². The summed E-state index contributed by atoms with van der Waals surface area (Å²) in [7, 11) is 1.61. The van der Waals surface area contributed by atoms with E-state index >= 15 is 0 Å².